The number of hydrogen-bond donors (Lipinski definition) is 0. The number of amides is 1. The second-order valence-electron chi connectivity index (χ2n) is 7.63. The largest absolute Gasteiger partial charge is 0.345 e. The molecule has 0 bridgehead atoms. The smallest absolute Gasteiger partial charge is 0.267 e. The van der Waals surface area contributed by atoms with Gasteiger partial charge in [-0.15, -0.1) is 0 Å². The molecule has 0 radical (unpaired) electrons. The van der Waals surface area contributed by atoms with Crippen LogP contribution in [0.25, 0.3) is 28.0 Å². The van der Waals surface area contributed by atoms with Crippen molar-refractivity contribution in [3.63, 3.8) is 0 Å². The molecular formula is C23H23N5O2. The van der Waals surface area contributed by atoms with E-state index in [-0.39, 0.29) is 17.5 Å². The summed E-state index contributed by atoms with van der Waals surface area (Å²) in [5.41, 5.74) is 4.24. The maximum Gasteiger partial charge on any atom is 0.267 e. The van der Waals surface area contributed by atoms with E-state index in [9.17, 15) is 9.59 Å². The highest BCUT2D eigenvalue weighted by Crippen LogP contribution is 2.34. The summed E-state index contributed by atoms with van der Waals surface area (Å²) in [6.45, 7) is 3.83. The zero-order chi connectivity index (χ0) is 21.4. The summed E-state index contributed by atoms with van der Waals surface area (Å²) in [4.78, 5) is 26.3. The van der Waals surface area contributed by atoms with Crippen LogP contribution in [0.5, 0.6) is 0 Å². The molecular weight excluding hydrogens is 378 g/mol. The van der Waals surface area contributed by atoms with Crippen molar-refractivity contribution in [2.24, 2.45) is 0 Å². The van der Waals surface area contributed by atoms with E-state index in [1.807, 2.05) is 50.2 Å². The minimum Gasteiger partial charge on any atom is -0.345 e. The summed E-state index contributed by atoms with van der Waals surface area (Å²) in [6, 6.07) is 16.5. The highest BCUT2D eigenvalue weighted by molar-refractivity contribution is 5.98. The van der Waals surface area contributed by atoms with E-state index in [2.05, 4.69) is 5.10 Å². The fourth-order valence-corrected chi connectivity index (χ4v) is 3.42. The molecule has 30 heavy (non-hydrogen) atoms. The third kappa shape index (κ3) is 3.39. The third-order valence-electron chi connectivity index (χ3n) is 4.91. The van der Waals surface area contributed by atoms with Crippen molar-refractivity contribution >= 4 is 11.4 Å². The van der Waals surface area contributed by atoms with Gasteiger partial charge in [0, 0.05) is 37.5 Å². The molecule has 0 atom stereocenters. The molecule has 7 nitrogen and oxygen atoms in total. The SMILES string of the molecule is CC(C)n1nc(-c2c(-c3ccccc3)nn3ccc(C(=O)N(C)C)cc23)ccc1=O. The molecule has 0 aliphatic rings. The van der Waals surface area contributed by atoms with Crippen molar-refractivity contribution < 1.29 is 4.79 Å². The van der Waals surface area contributed by atoms with E-state index in [0.29, 0.717) is 11.3 Å². The molecule has 1 amide bonds. The van der Waals surface area contributed by atoms with Gasteiger partial charge in [0.25, 0.3) is 11.5 Å². The van der Waals surface area contributed by atoms with Crippen LogP contribution in [0.2, 0.25) is 0 Å². The van der Waals surface area contributed by atoms with Gasteiger partial charge in [-0.25, -0.2) is 9.20 Å². The lowest BCUT2D eigenvalue weighted by Gasteiger charge is -2.12. The van der Waals surface area contributed by atoms with E-state index in [1.165, 1.54) is 15.6 Å². The summed E-state index contributed by atoms with van der Waals surface area (Å²) in [6.07, 6.45) is 1.78. The number of aromatic nitrogens is 4. The molecule has 4 aromatic rings. The maximum atomic E-state index is 12.5. The molecule has 3 aromatic heterocycles. The first-order valence-corrected chi connectivity index (χ1v) is 9.76. The third-order valence-corrected chi connectivity index (χ3v) is 4.91. The van der Waals surface area contributed by atoms with Gasteiger partial charge in [0.2, 0.25) is 0 Å². The Labute approximate surface area is 174 Å². The van der Waals surface area contributed by atoms with Crippen molar-refractivity contribution in [1.82, 2.24) is 24.3 Å². The van der Waals surface area contributed by atoms with Gasteiger partial charge in [-0.2, -0.15) is 10.2 Å². The van der Waals surface area contributed by atoms with Gasteiger partial charge >= 0.3 is 0 Å². The van der Waals surface area contributed by atoms with Gasteiger partial charge in [0.15, 0.2) is 0 Å². The van der Waals surface area contributed by atoms with Gasteiger partial charge in [0.1, 0.15) is 5.69 Å². The van der Waals surface area contributed by atoms with Crippen LogP contribution in [0, 0.1) is 0 Å². The van der Waals surface area contributed by atoms with Crippen LogP contribution in [-0.2, 0) is 0 Å². The topological polar surface area (TPSA) is 72.5 Å². The quantitative estimate of drug-likeness (QED) is 0.525. The van der Waals surface area contributed by atoms with Crippen LogP contribution in [0.15, 0.2) is 65.6 Å². The Kier molecular flexibility index (Phi) is 4.95. The Morgan fingerprint density at radius 2 is 1.73 bits per heavy atom. The standard InChI is InChI=1S/C23H23N5O2/c1-15(2)28-20(29)11-10-18(24-28)21-19-14-17(23(30)26(3)4)12-13-27(19)25-22(21)16-8-6-5-7-9-16/h5-15H,1-4H3. The van der Waals surface area contributed by atoms with Crippen LogP contribution in [0.4, 0.5) is 0 Å². The number of hydrogen-bond acceptors (Lipinski definition) is 4. The minimum atomic E-state index is -0.157. The van der Waals surface area contributed by atoms with Gasteiger partial charge in [-0.05, 0) is 32.0 Å². The summed E-state index contributed by atoms with van der Waals surface area (Å²) in [5, 5.41) is 9.38. The van der Waals surface area contributed by atoms with Gasteiger partial charge < -0.3 is 4.90 Å². The molecule has 1 aromatic carbocycles. The van der Waals surface area contributed by atoms with Crippen molar-refractivity contribution in [3.05, 3.63) is 76.7 Å². The van der Waals surface area contributed by atoms with E-state index < -0.39 is 0 Å². The zero-order valence-corrected chi connectivity index (χ0v) is 17.4. The molecule has 152 valence electrons. The summed E-state index contributed by atoms with van der Waals surface area (Å²) in [7, 11) is 3.44. The monoisotopic (exact) mass is 401 g/mol. The Hall–Kier alpha value is -3.74. The van der Waals surface area contributed by atoms with Crippen LogP contribution in [-0.4, -0.2) is 44.3 Å². The number of benzene rings is 1. The fraction of sp³-hybridized carbons (Fsp3) is 0.217. The molecule has 7 heteroatoms. The lowest BCUT2D eigenvalue weighted by molar-refractivity contribution is 0.0827. The molecule has 4 rings (SSSR count). The predicted octanol–water partition coefficient (Wildman–Crippen LogP) is 3.51. The normalized spacial score (nSPS) is 11.2. The van der Waals surface area contributed by atoms with E-state index in [1.54, 1.807) is 36.9 Å². The Bertz CT molecular complexity index is 1290. The number of nitrogens with zero attached hydrogens (tertiary/aromatic N) is 5. The molecule has 0 aliphatic heterocycles. The number of carbonyl (C=O) groups excluding carboxylic acids is 1. The number of rotatable bonds is 4. The minimum absolute atomic E-state index is 0.0784. The first-order chi connectivity index (χ1) is 14.4. The number of fused-ring (bicyclic) bond motifs is 1. The average molecular weight is 401 g/mol. The van der Waals surface area contributed by atoms with Crippen LogP contribution < -0.4 is 5.56 Å². The molecule has 0 spiro atoms. The lowest BCUT2D eigenvalue weighted by Crippen LogP contribution is -2.24. The Morgan fingerprint density at radius 3 is 2.40 bits per heavy atom. The van der Waals surface area contributed by atoms with E-state index in [0.717, 1.165) is 22.3 Å². The summed E-state index contributed by atoms with van der Waals surface area (Å²) >= 11 is 0. The van der Waals surface area contributed by atoms with Gasteiger partial charge in [-0.3, -0.25) is 9.59 Å². The highest BCUT2D eigenvalue weighted by Gasteiger charge is 2.20. The first-order valence-electron chi connectivity index (χ1n) is 9.76. The Balaban J connectivity index is 2.04. The Morgan fingerprint density at radius 1 is 1.00 bits per heavy atom. The van der Waals surface area contributed by atoms with Crippen LogP contribution in [0.1, 0.15) is 30.2 Å². The first kappa shape index (κ1) is 19.6. The number of carbonyl (C=O) groups is 1. The summed E-state index contributed by atoms with van der Waals surface area (Å²) in [5.74, 6) is -0.0916. The van der Waals surface area contributed by atoms with Gasteiger partial charge in [0.05, 0.1) is 22.8 Å². The lowest BCUT2D eigenvalue weighted by atomic mass is 10.0. The van der Waals surface area contributed by atoms with Crippen LogP contribution in [0.3, 0.4) is 0 Å². The molecule has 0 fully saturated rings. The fourth-order valence-electron chi connectivity index (χ4n) is 3.42. The van der Waals surface area contributed by atoms with Crippen molar-refractivity contribution in [3.8, 4) is 22.5 Å². The van der Waals surface area contributed by atoms with Crippen molar-refractivity contribution in [2.75, 3.05) is 14.1 Å². The molecule has 0 saturated carbocycles. The van der Waals surface area contributed by atoms with Crippen LogP contribution >= 0.6 is 0 Å². The zero-order valence-electron chi connectivity index (χ0n) is 17.4. The van der Waals surface area contributed by atoms with Crippen molar-refractivity contribution in [2.45, 2.75) is 19.9 Å². The van der Waals surface area contributed by atoms with E-state index >= 15 is 0 Å². The highest BCUT2D eigenvalue weighted by atomic mass is 16.2. The van der Waals surface area contributed by atoms with Crippen molar-refractivity contribution in [1.29, 1.82) is 0 Å². The molecule has 0 unspecified atom stereocenters. The molecule has 0 aliphatic carbocycles. The van der Waals surface area contributed by atoms with Gasteiger partial charge in [-0.1, -0.05) is 30.3 Å². The molecule has 3 heterocycles. The molecule has 0 saturated heterocycles. The average Bonchev–Trinajstić information content (AvgIpc) is 3.12. The number of pyridine rings is 1. The second-order valence-corrected chi connectivity index (χ2v) is 7.63. The predicted molar refractivity (Wildman–Crippen MR) is 117 cm³/mol. The maximum absolute atomic E-state index is 12.5. The molecule has 0 N–H and O–H groups in total. The summed E-state index contributed by atoms with van der Waals surface area (Å²) < 4.78 is 3.21. The second kappa shape index (κ2) is 7.59. The van der Waals surface area contributed by atoms with E-state index in [4.69, 9.17) is 5.10 Å².